The topological polar surface area (TPSA) is 246 Å². The summed E-state index contributed by atoms with van der Waals surface area (Å²) < 4.78 is 58.6. The molecule has 3 N–H and O–H groups in total. The van der Waals surface area contributed by atoms with Gasteiger partial charge in [0.1, 0.15) is 42.6 Å². The van der Waals surface area contributed by atoms with Gasteiger partial charge in [-0.1, -0.05) is 88.4 Å². The van der Waals surface area contributed by atoms with Crippen LogP contribution in [0.3, 0.4) is 0 Å². The van der Waals surface area contributed by atoms with Crippen molar-refractivity contribution in [3.63, 3.8) is 0 Å². The molecule has 4 aliphatic rings. The van der Waals surface area contributed by atoms with Gasteiger partial charge in [-0.2, -0.15) is 0 Å². The van der Waals surface area contributed by atoms with Gasteiger partial charge in [-0.05, 0) is 121 Å². The van der Waals surface area contributed by atoms with E-state index in [1.54, 1.807) is 47.2 Å². The molecule has 4 saturated heterocycles. The number of nitrogens with zero attached hydrogens (tertiary/aromatic N) is 5. The quantitative estimate of drug-likeness (QED) is 0.0374. The predicted molar refractivity (Wildman–Crippen MR) is 328 cm³/mol. The van der Waals surface area contributed by atoms with Crippen LogP contribution in [0.15, 0.2) is 108 Å². The summed E-state index contributed by atoms with van der Waals surface area (Å²) in [5.74, 6) is -5.23. The molecule has 0 saturated carbocycles. The number of ether oxygens (including phenoxy) is 3. The molecule has 6 aromatic rings. The zero-order chi connectivity index (χ0) is 62.6. The number of para-hydroxylation sites is 1. The van der Waals surface area contributed by atoms with Gasteiger partial charge in [0.15, 0.2) is 0 Å². The van der Waals surface area contributed by atoms with E-state index in [0.717, 1.165) is 22.5 Å². The molecule has 0 aliphatic carbocycles. The maximum absolute atomic E-state index is 16.9. The van der Waals surface area contributed by atoms with Crippen molar-refractivity contribution in [1.82, 2.24) is 39.6 Å². The van der Waals surface area contributed by atoms with Gasteiger partial charge >= 0.3 is 19.2 Å². The van der Waals surface area contributed by atoms with Gasteiger partial charge in [0, 0.05) is 44.3 Å². The van der Waals surface area contributed by atoms with Crippen LogP contribution in [0.2, 0.25) is 0 Å². The molecule has 4 unspecified atom stereocenters. The molecule has 468 valence electrons. The second kappa shape index (κ2) is 27.0. The maximum atomic E-state index is 16.9. The lowest BCUT2D eigenvalue weighted by Crippen LogP contribution is -2.60. The first kappa shape index (κ1) is 63.5. The number of nitrogens with one attached hydrogen (secondary N) is 3. The fraction of sp³-hybridized carbons (Fsp3) is 0.469. The lowest BCUT2D eigenvalue weighted by atomic mass is 9.85. The lowest BCUT2D eigenvalue weighted by Gasteiger charge is -2.39. The number of alkyl halides is 1. The number of hydrogen-bond donors (Lipinski definition) is 3. The molecule has 88 heavy (non-hydrogen) atoms. The molecule has 0 spiro atoms. The fourth-order valence-electron chi connectivity index (χ4n) is 12.1. The van der Waals surface area contributed by atoms with E-state index in [1.807, 2.05) is 76.2 Å². The summed E-state index contributed by atoms with van der Waals surface area (Å²) >= 11 is 1.11. The molecule has 10 rings (SSSR count). The Balaban J connectivity index is 0.822. The fourth-order valence-corrected chi connectivity index (χ4v) is 15.0. The Morgan fingerprint density at radius 2 is 1.59 bits per heavy atom. The Bertz CT molecular complexity index is 3690. The van der Waals surface area contributed by atoms with Crippen molar-refractivity contribution < 1.29 is 61.3 Å². The first-order chi connectivity index (χ1) is 42.1. The van der Waals surface area contributed by atoms with Gasteiger partial charge in [0.05, 0.1) is 41.8 Å². The number of morpholine rings is 1. The van der Waals surface area contributed by atoms with Gasteiger partial charge in [0.2, 0.25) is 35.4 Å². The number of carbonyl (C=O) groups is 7. The average Bonchev–Trinajstić information content (AvgIpc) is 2.18. The van der Waals surface area contributed by atoms with E-state index in [9.17, 15) is 33.3 Å². The molecule has 8 atom stereocenters. The number of aryl methyl sites for hydroxylation is 1. The monoisotopic (exact) mass is 1250 g/mol. The number of hydrogen-bond acceptors (Lipinski definition) is 14. The molecule has 6 heterocycles. The summed E-state index contributed by atoms with van der Waals surface area (Å²) in [5.41, 5.74) is 1.91. The number of carbonyl (C=O) groups excluding carboxylic acids is 7. The van der Waals surface area contributed by atoms with E-state index in [1.165, 1.54) is 45.2 Å². The van der Waals surface area contributed by atoms with Gasteiger partial charge < -0.3 is 38.8 Å². The van der Waals surface area contributed by atoms with Crippen LogP contribution in [0, 0.1) is 11.3 Å². The van der Waals surface area contributed by atoms with E-state index in [-0.39, 0.29) is 104 Å². The first-order valence-corrected chi connectivity index (χ1v) is 32.6. The molecular weight excluding hydrogens is 1170 g/mol. The summed E-state index contributed by atoms with van der Waals surface area (Å²) in [7, 11) is -2.88. The van der Waals surface area contributed by atoms with Crippen molar-refractivity contribution >= 4 is 81.4 Å². The third-order valence-electron chi connectivity index (χ3n) is 16.9. The van der Waals surface area contributed by atoms with Crippen LogP contribution in [-0.4, -0.2) is 142 Å². The highest BCUT2D eigenvalue weighted by molar-refractivity contribution is 7.57. The predicted octanol–water partition coefficient (Wildman–Crippen LogP) is 7.92. The lowest BCUT2D eigenvalue weighted by molar-refractivity contribution is -0.156. The molecule has 0 bridgehead atoms. The zero-order valence-electron chi connectivity index (χ0n) is 50.3. The minimum absolute atomic E-state index is 0.0370. The van der Waals surface area contributed by atoms with Crippen molar-refractivity contribution in [3.8, 4) is 5.75 Å². The number of aromatic nitrogens is 2. The molecule has 6 amide bonds. The highest BCUT2D eigenvalue weighted by Gasteiger charge is 2.49. The third-order valence-corrected chi connectivity index (χ3v) is 20.1. The molecule has 0 radical (unpaired) electrons. The Kier molecular flexibility index (Phi) is 19.5. The number of amides is 6. The Morgan fingerprint density at radius 1 is 0.864 bits per heavy atom. The molecule has 4 aliphatic heterocycles. The van der Waals surface area contributed by atoms with Crippen LogP contribution < -0.4 is 25.9 Å². The van der Waals surface area contributed by atoms with E-state index in [4.69, 9.17) is 18.7 Å². The van der Waals surface area contributed by atoms with Crippen molar-refractivity contribution in [2.45, 2.75) is 122 Å². The first-order valence-electron chi connectivity index (χ1n) is 30.1. The molecule has 4 aromatic carbocycles. The van der Waals surface area contributed by atoms with Crippen LogP contribution in [0.4, 0.5) is 4.39 Å². The SMILES string of the molecule is CCCOC(=O)[C@H](C)NP(=O)(Oc1ccccc1)C(F)c1ccc2sc(C(=O)NC(C(=O)N3CC[C@@H](OCC(=O)N4CCC(Cc5ccc6c(c5)n(C)c(=O)n6C5CCC(=O)NC5=O)CC4)[C@H]3C(=O)N3CCO[C@H](c4ccccc4)C3)C(C)(C)C)cc2c1. The van der Waals surface area contributed by atoms with E-state index < -0.39 is 78.9 Å². The van der Waals surface area contributed by atoms with Crippen LogP contribution in [0.1, 0.15) is 118 Å². The van der Waals surface area contributed by atoms with Crippen LogP contribution in [0.5, 0.6) is 5.75 Å². The Hall–Kier alpha value is -7.56. The van der Waals surface area contributed by atoms with Crippen molar-refractivity contribution in [2.24, 2.45) is 18.4 Å². The maximum Gasteiger partial charge on any atom is 0.355 e. The Labute approximate surface area is 513 Å². The zero-order valence-corrected chi connectivity index (χ0v) is 52.0. The number of piperidine rings is 2. The Morgan fingerprint density at radius 3 is 2.30 bits per heavy atom. The van der Waals surface area contributed by atoms with Crippen LogP contribution >= 0.6 is 18.9 Å². The number of fused-ring (bicyclic) bond motifs is 2. The number of thiophene rings is 1. The van der Waals surface area contributed by atoms with Crippen LogP contribution in [-0.2, 0) is 61.0 Å². The van der Waals surface area contributed by atoms with E-state index in [2.05, 4.69) is 15.7 Å². The largest absolute Gasteiger partial charge is 0.465 e. The number of halogens is 1. The third kappa shape index (κ3) is 14.0. The van der Waals surface area contributed by atoms with Crippen LogP contribution in [0.25, 0.3) is 21.1 Å². The van der Waals surface area contributed by atoms with Crippen molar-refractivity contribution in [1.29, 1.82) is 0 Å². The summed E-state index contributed by atoms with van der Waals surface area (Å²) in [4.78, 5) is 115. The highest BCUT2D eigenvalue weighted by atomic mass is 32.1. The minimum atomic E-state index is -4.55. The number of rotatable bonds is 20. The van der Waals surface area contributed by atoms with Crippen molar-refractivity contribution in [2.75, 3.05) is 52.5 Å². The normalized spacial score (nSPS) is 21.1. The molecular formula is C64H76FN8O13PS. The second-order valence-corrected chi connectivity index (χ2v) is 27.4. The van der Waals surface area contributed by atoms with Gasteiger partial charge in [0.25, 0.3) is 5.91 Å². The van der Waals surface area contributed by atoms with Gasteiger partial charge in [-0.3, -0.25) is 52.6 Å². The van der Waals surface area contributed by atoms with Gasteiger partial charge in [-0.25, -0.2) is 14.3 Å². The molecule has 4 fully saturated rings. The van der Waals surface area contributed by atoms with E-state index >= 15 is 14.0 Å². The van der Waals surface area contributed by atoms with Crippen molar-refractivity contribution in [3.05, 3.63) is 135 Å². The molecule has 21 nitrogen and oxygen atoms in total. The number of benzene rings is 4. The summed E-state index contributed by atoms with van der Waals surface area (Å²) in [6, 6.07) is 25.1. The number of imide groups is 1. The molecule has 24 heteroatoms. The smallest absolute Gasteiger partial charge is 0.355 e. The number of likely N-dealkylation sites (tertiary alicyclic amines) is 2. The van der Waals surface area contributed by atoms with E-state index in [0.29, 0.717) is 59.9 Å². The van der Waals surface area contributed by atoms with Gasteiger partial charge in [-0.15, -0.1) is 11.3 Å². The summed E-state index contributed by atoms with van der Waals surface area (Å²) in [5, 5.41) is 8.36. The molecule has 2 aromatic heterocycles. The average molecular weight is 1250 g/mol. The number of esters is 1. The summed E-state index contributed by atoms with van der Waals surface area (Å²) in [6.07, 6.45) is 1.98. The summed E-state index contributed by atoms with van der Waals surface area (Å²) in [6.45, 7) is 10.2. The number of imidazole rings is 1. The standard InChI is InChI=1S/C64H76FN8O13PS/c1-7-31-84-62(80)39(2)68-87(82,86-45-16-12-9-13-17-45)57(65)43-19-22-51-44(35-43)36-52(88-51)59(77)67-56(64(3,4)5)61(79)72-29-26-49(55(72)60(78)71-30-32-83-50(37-71)42-14-10-8-11-15-42)85-38-54(75)70-27-24-40(25-28-70)33-41-18-20-46-48(34-41)69(6)63(81)73(46)47-21-23-53(74)66-58(47)76/h8-20,22,34-36,39-40,47,49-50,55-57H,7,21,23-33,37-38H2,1-6H3,(H,67,77)(H,68,82)(H,66,74,76)/t39-,47?,49+,50-,55-,56?,57?,87?/m0/s1. The highest BCUT2D eigenvalue weighted by Crippen LogP contribution is 2.58. The second-order valence-electron chi connectivity index (χ2n) is 24.2. The minimum Gasteiger partial charge on any atom is -0.465 e.